The number of benzene rings is 2. The summed E-state index contributed by atoms with van der Waals surface area (Å²) in [7, 11) is -3.91. The van der Waals surface area contributed by atoms with Crippen molar-refractivity contribution < 1.29 is 22.7 Å². The molecule has 10 heteroatoms. The molecule has 7 nitrogen and oxygen atoms in total. The number of aliphatic hydroxyl groups is 1. The summed E-state index contributed by atoms with van der Waals surface area (Å²) in [6, 6.07) is 8.98. The van der Waals surface area contributed by atoms with Crippen LogP contribution in [-0.4, -0.2) is 37.1 Å². The molecule has 0 unspecified atom stereocenters. The second-order valence-electron chi connectivity index (χ2n) is 6.91. The maximum atomic E-state index is 13.0. The van der Waals surface area contributed by atoms with Gasteiger partial charge in [-0.05, 0) is 48.4 Å². The summed E-state index contributed by atoms with van der Waals surface area (Å²) in [6.45, 7) is 3.78. The number of aromatic nitrogens is 1. The van der Waals surface area contributed by atoms with Crippen molar-refractivity contribution in [2.24, 2.45) is 5.92 Å². The molecule has 0 fully saturated rings. The van der Waals surface area contributed by atoms with Crippen LogP contribution in [-0.2, 0) is 10.0 Å². The number of nitrogens with one attached hydrogen (secondary N) is 2. The second kappa shape index (κ2) is 9.07. The summed E-state index contributed by atoms with van der Waals surface area (Å²) >= 11 is 1.08. The van der Waals surface area contributed by atoms with Crippen molar-refractivity contribution in [1.82, 2.24) is 10.3 Å². The second-order valence-corrected chi connectivity index (χ2v) is 9.62. The molecule has 30 heavy (non-hydrogen) atoms. The maximum absolute atomic E-state index is 13.0. The van der Waals surface area contributed by atoms with Crippen molar-refractivity contribution in [1.29, 1.82) is 0 Å². The number of carbonyl (C=O) groups excluding carboxylic acids is 1. The Morgan fingerprint density at radius 3 is 2.57 bits per heavy atom. The molecule has 2 atom stereocenters. The topological polar surface area (TPSA) is 108 Å². The Labute approximate surface area is 178 Å². The summed E-state index contributed by atoms with van der Waals surface area (Å²) < 4.78 is 41.0. The van der Waals surface area contributed by atoms with E-state index >= 15 is 0 Å². The zero-order valence-corrected chi connectivity index (χ0v) is 18.1. The minimum atomic E-state index is -3.91. The van der Waals surface area contributed by atoms with E-state index in [0.717, 1.165) is 29.9 Å². The number of sulfonamides is 1. The van der Waals surface area contributed by atoms with Gasteiger partial charge < -0.3 is 10.4 Å². The molecule has 3 N–H and O–H groups in total. The molecule has 1 amide bonds. The highest BCUT2D eigenvalue weighted by Gasteiger charge is 2.20. The Morgan fingerprint density at radius 2 is 1.93 bits per heavy atom. The number of carbonyl (C=O) groups is 1. The lowest BCUT2D eigenvalue weighted by Crippen LogP contribution is -2.41. The number of fused-ring (bicyclic) bond motifs is 1. The molecule has 0 saturated carbocycles. The van der Waals surface area contributed by atoms with E-state index in [0.29, 0.717) is 15.8 Å². The van der Waals surface area contributed by atoms with Gasteiger partial charge in [-0.25, -0.2) is 17.8 Å². The van der Waals surface area contributed by atoms with Crippen LogP contribution in [0.1, 0.15) is 30.6 Å². The molecule has 1 aromatic heterocycles. The number of aliphatic hydroxyl groups excluding tert-OH is 1. The number of rotatable bonds is 8. The third-order valence-corrected chi connectivity index (χ3v) is 7.26. The minimum absolute atomic E-state index is 0.0803. The summed E-state index contributed by atoms with van der Waals surface area (Å²) in [5, 5.41) is 12.5. The average Bonchev–Trinajstić information content (AvgIpc) is 3.12. The van der Waals surface area contributed by atoms with Gasteiger partial charge in [0.15, 0.2) is 5.13 Å². The number of thiazole rings is 1. The molecule has 3 rings (SSSR count). The molecule has 0 aliphatic heterocycles. The third kappa shape index (κ3) is 4.94. The monoisotopic (exact) mass is 451 g/mol. The van der Waals surface area contributed by atoms with Gasteiger partial charge in [-0.3, -0.25) is 9.52 Å². The fourth-order valence-electron chi connectivity index (χ4n) is 2.80. The van der Waals surface area contributed by atoms with Crippen molar-refractivity contribution in [3.63, 3.8) is 0 Å². The standard InChI is InChI=1S/C20H22FN3O4S2/c1-3-12(2)17(11-25)22-19(26)13-4-9-16-18(10-13)29-20(23-16)24-30(27,28)15-7-5-14(21)6-8-15/h4-10,12,17,25H,3,11H2,1-2H3,(H,22,26)(H,23,24)/t12-,17+/m1/s1. The van der Waals surface area contributed by atoms with E-state index in [1.54, 1.807) is 18.2 Å². The number of anilines is 1. The van der Waals surface area contributed by atoms with Gasteiger partial charge in [0.2, 0.25) is 0 Å². The van der Waals surface area contributed by atoms with E-state index < -0.39 is 15.8 Å². The number of nitrogens with zero attached hydrogens (tertiary/aromatic N) is 1. The van der Waals surface area contributed by atoms with Crippen LogP contribution < -0.4 is 10.0 Å². The van der Waals surface area contributed by atoms with Crippen LogP contribution in [0.15, 0.2) is 47.4 Å². The first kappa shape index (κ1) is 22.1. The number of hydrogen-bond donors (Lipinski definition) is 3. The minimum Gasteiger partial charge on any atom is -0.394 e. The molecular formula is C20H22FN3O4S2. The van der Waals surface area contributed by atoms with Gasteiger partial charge in [0.25, 0.3) is 15.9 Å². The summed E-state index contributed by atoms with van der Waals surface area (Å²) in [5.41, 5.74) is 0.926. The normalized spacial score (nSPS) is 13.7. The van der Waals surface area contributed by atoms with E-state index in [1.165, 1.54) is 12.1 Å². The lowest BCUT2D eigenvalue weighted by atomic mass is 9.99. The van der Waals surface area contributed by atoms with E-state index in [4.69, 9.17) is 0 Å². The van der Waals surface area contributed by atoms with Crippen molar-refractivity contribution >= 4 is 42.6 Å². The fraction of sp³-hybridized carbons (Fsp3) is 0.300. The number of hydrogen-bond acceptors (Lipinski definition) is 6. The Kier molecular flexibility index (Phi) is 6.69. The molecular weight excluding hydrogens is 429 g/mol. The number of halogens is 1. The molecule has 160 valence electrons. The van der Waals surface area contributed by atoms with E-state index in [-0.39, 0.29) is 34.5 Å². The van der Waals surface area contributed by atoms with Crippen molar-refractivity contribution in [2.45, 2.75) is 31.2 Å². The zero-order chi connectivity index (χ0) is 21.9. The van der Waals surface area contributed by atoms with Gasteiger partial charge in [0.05, 0.1) is 27.8 Å². The summed E-state index contributed by atoms with van der Waals surface area (Å²) in [5.74, 6) is -0.729. The quantitative estimate of drug-likeness (QED) is 0.487. The molecule has 3 aromatic rings. The largest absolute Gasteiger partial charge is 0.394 e. The van der Waals surface area contributed by atoms with Crippen LogP contribution in [0.5, 0.6) is 0 Å². The van der Waals surface area contributed by atoms with Gasteiger partial charge in [-0.1, -0.05) is 31.6 Å². The Bertz CT molecular complexity index is 1150. The molecule has 0 bridgehead atoms. The first-order chi connectivity index (χ1) is 14.2. The molecule has 1 heterocycles. The lowest BCUT2D eigenvalue weighted by Gasteiger charge is -2.22. The highest BCUT2D eigenvalue weighted by Crippen LogP contribution is 2.28. The summed E-state index contributed by atoms with van der Waals surface area (Å²) in [6.07, 6.45) is 0.816. The summed E-state index contributed by atoms with van der Waals surface area (Å²) in [4.78, 5) is 16.7. The zero-order valence-electron chi connectivity index (χ0n) is 16.4. The Balaban J connectivity index is 1.80. The first-order valence-corrected chi connectivity index (χ1v) is 11.6. The van der Waals surface area contributed by atoms with Gasteiger partial charge >= 0.3 is 0 Å². The average molecular weight is 452 g/mol. The van der Waals surface area contributed by atoms with Gasteiger partial charge in [-0.2, -0.15) is 0 Å². The van der Waals surface area contributed by atoms with E-state index in [2.05, 4.69) is 15.0 Å². The molecule has 0 radical (unpaired) electrons. The first-order valence-electron chi connectivity index (χ1n) is 9.34. The number of amides is 1. The highest BCUT2D eigenvalue weighted by molar-refractivity contribution is 7.93. The van der Waals surface area contributed by atoms with Crippen LogP contribution in [0, 0.1) is 11.7 Å². The van der Waals surface area contributed by atoms with Crippen LogP contribution in [0.4, 0.5) is 9.52 Å². The third-order valence-electron chi connectivity index (χ3n) is 4.84. The van der Waals surface area contributed by atoms with Crippen LogP contribution in [0.2, 0.25) is 0 Å². The fourth-order valence-corrected chi connectivity index (χ4v) is 4.94. The van der Waals surface area contributed by atoms with Gasteiger partial charge in [0, 0.05) is 5.56 Å². The van der Waals surface area contributed by atoms with Crippen molar-refractivity contribution in [2.75, 3.05) is 11.3 Å². The van der Waals surface area contributed by atoms with Crippen molar-refractivity contribution in [3.05, 3.63) is 53.8 Å². The highest BCUT2D eigenvalue weighted by atomic mass is 32.2. The molecule has 0 aliphatic carbocycles. The molecule has 2 aromatic carbocycles. The van der Waals surface area contributed by atoms with E-state index in [1.807, 2.05) is 13.8 Å². The SMILES string of the molecule is CC[C@@H](C)[C@H](CO)NC(=O)c1ccc2nc(NS(=O)(=O)c3ccc(F)cc3)sc2c1. The lowest BCUT2D eigenvalue weighted by molar-refractivity contribution is 0.0891. The molecule has 0 spiro atoms. The predicted molar refractivity (Wildman–Crippen MR) is 115 cm³/mol. The van der Waals surface area contributed by atoms with Gasteiger partial charge in [-0.15, -0.1) is 0 Å². The van der Waals surface area contributed by atoms with Crippen LogP contribution >= 0.6 is 11.3 Å². The van der Waals surface area contributed by atoms with E-state index in [9.17, 15) is 22.7 Å². The Hall–Kier alpha value is -2.56. The Morgan fingerprint density at radius 1 is 1.23 bits per heavy atom. The predicted octanol–water partition coefficient (Wildman–Crippen LogP) is 3.37. The molecule has 0 saturated heterocycles. The smallest absolute Gasteiger partial charge is 0.263 e. The van der Waals surface area contributed by atoms with Crippen LogP contribution in [0.3, 0.4) is 0 Å². The maximum Gasteiger partial charge on any atom is 0.263 e. The van der Waals surface area contributed by atoms with Crippen LogP contribution in [0.25, 0.3) is 10.2 Å². The molecule has 0 aliphatic rings. The van der Waals surface area contributed by atoms with Gasteiger partial charge in [0.1, 0.15) is 5.82 Å². The van der Waals surface area contributed by atoms with Crippen molar-refractivity contribution in [3.8, 4) is 0 Å².